The van der Waals surface area contributed by atoms with Crippen LogP contribution in [-0.2, 0) is 38.2 Å². The van der Waals surface area contributed by atoms with Crippen LogP contribution in [0.25, 0.3) is 0 Å². The summed E-state index contributed by atoms with van der Waals surface area (Å²) >= 11 is 0. The minimum absolute atomic E-state index is 0.0592. The number of esters is 3. The Balaban J connectivity index is 3.09. The maximum Gasteiger partial charge on any atom is 0.320 e. The van der Waals surface area contributed by atoms with E-state index in [4.69, 9.17) is 19.3 Å². The van der Waals surface area contributed by atoms with Gasteiger partial charge in [-0.15, -0.1) is 0 Å². The van der Waals surface area contributed by atoms with Crippen LogP contribution in [0.3, 0.4) is 0 Å². The van der Waals surface area contributed by atoms with Crippen molar-refractivity contribution in [2.45, 2.75) is 98.2 Å². The number of carboxylic acid groups (broad SMARTS) is 1. The standard InChI is InChI=1S/C34H63N5O9/c1-8-9-23-46-30(43)25-37-17-15-36(24-28(40)35-14-12-10-11-13-29(41)42)16-18-38(26-31(44)47-33(2,3)4)21-22-39(20-19-37)27-32(45)48-34(5,6)7/h8-27H2,1-7H3,(H,35,40)(H,41,42). The maximum absolute atomic E-state index is 12.9. The third kappa shape index (κ3) is 23.5. The predicted molar refractivity (Wildman–Crippen MR) is 182 cm³/mol. The Hall–Kier alpha value is -2.81. The fraction of sp³-hybridized carbons (Fsp3) is 0.853. The van der Waals surface area contributed by atoms with Crippen LogP contribution in [0.2, 0.25) is 0 Å². The molecule has 1 aliphatic heterocycles. The summed E-state index contributed by atoms with van der Waals surface area (Å²) in [5.74, 6) is -1.99. The minimum Gasteiger partial charge on any atom is -0.481 e. The smallest absolute Gasteiger partial charge is 0.320 e. The van der Waals surface area contributed by atoms with Gasteiger partial charge in [0, 0.05) is 65.3 Å². The lowest BCUT2D eigenvalue weighted by Gasteiger charge is -2.34. The molecule has 2 N–H and O–H groups in total. The molecule has 1 amide bonds. The van der Waals surface area contributed by atoms with E-state index in [1.165, 1.54) is 0 Å². The Morgan fingerprint density at radius 1 is 0.604 bits per heavy atom. The highest BCUT2D eigenvalue weighted by molar-refractivity contribution is 5.78. The van der Waals surface area contributed by atoms with Crippen LogP contribution in [0.4, 0.5) is 0 Å². The van der Waals surface area contributed by atoms with Gasteiger partial charge in [0.05, 0.1) is 32.8 Å². The molecule has 0 radical (unpaired) electrons. The first kappa shape index (κ1) is 43.2. The van der Waals surface area contributed by atoms with E-state index in [0.29, 0.717) is 84.8 Å². The third-order valence-electron chi connectivity index (χ3n) is 7.35. The third-order valence-corrected chi connectivity index (χ3v) is 7.35. The summed E-state index contributed by atoms with van der Waals surface area (Å²) < 4.78 is 16.6. The molecule has 1 rings (SSSR count). The molecule has 0 saturated carbocycles. The van der Waals surface area contributed by atoms with Gasteiger partial charge in [0.1, 0.15) is 11.2 Å². The monoisotopic (exact) mass is 685 g/mol. The Morgan fingerprint density at radius 3 is 1.42 bits per heavy atom. The molecule has 1 heterocycles. The molecule has 0 spiro atoms. The average molecular weight is 686 g/mol. The summed E-state index contributed by atoms with van der Waals surface area (Å²) in [6.45, 7) is 18.0. The van der Waals surface area contributed by atoms with Gasteiger partial charge in [-0.3, -0.25) is 43.6 Å². The van der Waals surface area contributed by atoms with Crippen LogP contribution in [-0.4, -0.2) is 157 Å². The molecule has 1 aliphatic rings. The van der Waals surface area contributed by atoms with Crippen molar-refractivity contribution in [1.82, 2.24) is 24.9 Å². The number of aliphatic carboxylic acids is 1. The van der Waals surface area contributed by atoms with E-state index < -0.39 is 17.2 Å². The number of rotatable bonds is 17. The molecule has 0 aromatic carbocycles. The largest absolute Gasteiger partial charge is 0.481 e. The van der Waals surface area contributed by atoms with E-state index in [9.17, 15) is 24.0 Å². The van der Waals surface area contributed by atoms with Gasteiger partial charge >= 0.3 is 23.9 Å². The van der Waals surface area contributed by atoms with Crippen LogP contribution in [0.15, 0.2) is 0 Å². The Bertz CT molecular complexity index is 996. The van der Waals surface area contributed by atoms with Gasteiger partial charge in [-0.05, 0) is 60.8 Å². The predicted octanol–water partition coefficient (Wildman–Crippen LogP) is 2.00. The first-order valence-corrected chi connectivity index (χ1v) is 17.4. The van der Waals surface area contributed by atoms with Gasteiger partial charge < -0.3 is 24.6 Å². The second-order valence-corrected chi connectivity index (χ2v) is 14.4. The van der Waals surface area contributed by atoms with Crippen molar-refractivity contribution < 1.29 is 43.3 Å². The Kier molecular flexibility index (Phi) is 20.5. The summed E-state index contributed by atoms with van der Waals surface area (Å²) in [5, 5.41) is 11.7. The maximum atomic E-state index is 12.9. The number of nitrogens with one attached hydrogen (secondary N) is 1. The lowest BCUT2D eigenvalue weighted by Crippen LogP contribution is -2.50. The van der Waals surface area contributed by atoms with Crippen LogP contribution < -0.4 is 5.32 Å². The van der Waals surface area contributed by atoms with Crippen LogP contribution in [0.1, 0.15) is 87.0 Å². The van der Waals surface area contributed by atoms with Crippen LogP contribution >= 0.6 is 0 Å². The number of carboxylic acids is 1. The fourth-order valence-electron chi connectivity index (χ4n) is 4.95. The molecule has 0 aromatic heterocycles. The van der Waals surface area contributed by atoms with Crippen molar-refractivity contribution >= 4 is 29.8 Å². The number of nitrogens with zero attached hydrogens (tertiary/aromatic N) is 4. The average Bonchev–Trinajstić information content (AvgIpc) is 2.94. The number of ether oxygens (including phenoxy) is 3. The summed E-state index contributed by atoms with van der Waals surface area (Å²) in [5.41, 5.74) is -1.26. The highest BCUT2D eigenvalue weighted by Gasteiger charge is 2.25. The Labute approximate surface area is 287 Å². The van der Waals surface area contributed by atoms with Crippen molar-refractivity contribution in [2.75, 3.05) is 91.7 Å². The normalized spacial score (nSPS) is 16.7. The summed E-state index contributed by atoms with van der Waals surface area (Å²) in [6.07, 6.45) is 3.79. The second-order valence-electron chi connectivity index (χ2n) is 14.4. The topological polar surface area (TPSA) is 158 Å². The van der Waals surface area contributed by atoms with Crippen molar-refractivity contribution in [3.63, 3.8) is 0 Å². The second kappa shape index (κ2) is 22.8. The summed E-state index contributed by atoms with van der Waals surface area (Å²) in [4.78, 5) is 70.0. The molecule has 48 heavy (non-hydrogen) atoms. The van der Waals surface area contributed by atoms with Gasteiger partial charge in [0.25, 0.3) is 0 Å². The van der Waals surface area contributed by atoms with Gasteiger partial charge in [-0.2, -0.15) is 0 Å². The van der Waals surface area contributed by atoms with E-state index in [0.717, 1.165) is 12.8 Å². The molecule has 14 heteroatoms. The molecule has 0 bridgehead atoms. The van der Waals surface area contributed by atoms with E-state index in [-0.39, 0.29) is 56.4 Å². The van der Waals surface area contributed by atoms with Gasteiger partial charge in [0.2, 0.25) is 5.91 Å². The first-order valence-electron chi connectivity index (χ1n) is 17.4. The zero-order valence-electron chi connectivity index (χ0n) is 30.6. The number of carbonyl (C=O) groups is 5. The molecule has 1 saturated heterocycles. The Morgan fingerprint density at radius 2 is 1.02 bits per heavy atom. The van der Waals surface area contributed by atoms with Gasteiger partial charge in [-0.1, -0.05) is 19.8 Å². The number of carbonyl (C=O) groups excluding carboxylic acids is 4. The minimum atomic E-state index is -0.825. The van der Waals surface area contributed by atoms with Crippen LogP contribution in [0, 0.1) is 0 Å². The quantitative estimate of drug-likeness (QED) is 0.130. The molecular weight excluding hydrogens is 622 g/mol. The molecule has 14 nitrogen and oxygen atoms in total. The lowest BCUT2D eigenvalue weighted by atomic mass is 10.2. The fourth-order valence-corrected chi connectivity index (χ4v) is 4.95. The highest BCUT2D eigenvalue weighted by atomic mass is 16.6. The SMILES string of the molecule is CCCCOC(=O)CN1CCN(CC(=O)NCCCCCC(=O)O)CCN(CC(=O)OC(C)(C)C)CCN(CC(=O)OC(C)(C)C)CC1. The highest BCUT2D eigenvalue weighted by Crippen LogP contribution is 2.10. The summed E-state index contributed by atoms with van der Waals surface area (Å²) in [7, 11) is 0. The number of hydrogen-bond donors (Lipinski definition) is 2. The van der Waals surface area contributed by atoms with Gasteiger partial charge in [-0.25, -0.2) is 0 Å². The molecular formula is C34H63N5O9. The lowest BCUT2D eigenvalue weighted by molar-refractivity contribution is -0.158. The number of amides is 1. The number of hydrogen-bond acceptors (Lipinski definition) is 12. The molecule has 0 aromatic rings. The molecule has 1 fully saturated rings. The van der Waals surface area contributed by atoms with E-state index in [1.54, 1.807) is 0 Å². The first-order chi connectivity index (χ1) is 22.5. The van der Waals surface area contributed by atoms with Crippen molar-refractivity contribution in [3.8, 4) is 0 Å². The van der Waals surface area contributed by atoms with Gasteiger partial charge in [0.15, 0.2) is 0 Å². The van der Waals surface area contributed by atoms with E-state index in [2.05, 4.69) is 5.32 Å². The zero-order chi connectivity index (χ0) is 36.2. The molecule has 0 atom stereocenters. The zero-order valence-corrected chi connectivity index (χ0v) is 30.6. The van der Waals surface area contributed by atoms with E-state index in [1.807, 2.05) is 68.1 Å². The summed E-state index contributed by atoms with van der Waals surface area (Å²) in [6, 6.07) is 0. The van der Waals surface area contributed by atoms with Crippen LogP contribution in [0.5, 0.6) is 0 Å². The van der Waals surface area contributed by atoms with Crippen molar-refractivity contribution in [1.29, 1.82) is 0 Å². The molecule has 0 unspecified atom stereocenters. The molecule has 0 aliphatic carbocycles. The van der Waals surface area contributed by atoms with Crippen molar-refractivity contribution in [3.05, 3.63) is 0 Å². The van der Waals surface area contributed by atoms with E-state index >= 15 is 0 Å². The number of unbranched alkanes of at least 4 members (excludes halogenated alkanes) is 3. The van der Waals surface area contributed by atoms with Crippen molar-refractivity contribution in [2.24, 2.45) is 0 Å². The molecule has 278 valence electrons.